The molecule has 2 N–H and O–H groups in total. The molecule has 0 aromatic heterocycles. The van der Waals surface area contributed by atoms with Crippen LogP contribution < -0.4 is 15.5 Å². The minimum atomic E-state index is -0.121. The molecule has 0 radical (unpaired) electrons. The van der Waals surface area contributed by atoms with Crippen molar-refractivity contribution in [3.63, 3.8) is 0 Å². The van der Waals surface area contributed by atoms with E-state index in [4.69, 9.17) is 4.99 Å². The summed E-state index contributed by atoms with van der Waals surface area (Å²) in [6, 6.07) is 6.35. The van der Waals surface area contributed by atoms with Crippen molar-refractivity contribution in [3.8, 4) is 0 Å². The molecule has 8 heteroatoms. The van der Waals surface area contributed by atoms with Crippen molar-refractivity contribution < 1.29 is 4.79 Å². The lowest BCUT2D eigenvalue weighted by Gasteiger charge is -2.22. The summed E-state index contributed by atoms with van der Waals surface area (Å²) in [6.45, 7) is 9.40. The minimum absolute atomic E-state index is 0.121. The van der Waals surface area contributed by atoms with Gasteiger partial charge in [0.2, 0.25) is 0 Å². The van der Waals surface area contributed by atoms with E-state index in [0.29, 0.717) is 17.5 Å². The maximum Gasteiger partial charge on any atom is 0.276 e. The highest BCUT2D eigenvalue weighted by Crippen LogP contribution is 2.36. The number of allylic oxidation sites excluding steroid dienone is 1. The van der Waals surface area contributed by atoms with Gasteiger partial charge in [-0.25, -0.2) is 9.98 Å². The van der Waals surface area contributed by atoms with Gasteiger partial charge in [-0.2, -0.15) is 0 Å². The molecule has 1 fully saturated rings. The lowest BCUT2D eigenvalue weighted by molar-refractivity contribution is -0.114. The fourth-order valence-corrected chi connectivity index (χ4v) is 5.37. The van der Waals surface area contributed by atoms with E-state index in [1.54, 1.807) is 0 Å². The fourth-order valence-electron chi connectivity index (χ4n) is 4.06. The third-order valence-corrected chi connectivity index (χ3v) is 7.16. The number of carbonyl (C=O) groups excluding carboxylic acids is 1. The quantitative estimate of drug-likeness (QED) is 0.661. The minimum Gasteiger partial charge on any atom is -0.350 e. The van der Waals surface area contributed by atoms with Crippen molar-refractivity contribution in [2.75, 3.05) is 31.1 Å². The Morgan fingerprint density at radius 2 is 2.27 bits per heavy atom. The van der Waals surface area contributed by atoms with Crippen molar-refractivity contribution in [2.24, 2.45) is 15.9 Å². The Bertz CT molecular complexity index is 949. The maximum absolute atomic E-state index is 12.8. The van der Waals surface area contributed by atoms with Crippen LogP contribution in [-0.2, 0) is 11.2 Å². The number of carbonyl (C=O) groups is 1. The van der Waals surface area contributed by atoms with Crippen LogP contribution in [0, 0.1) is 5.92 Å². The Kier molecular flexibility index (Phi) is 6.75. The molecule has 3 aliphatic heterocycles. The number of nitrogens with one attached hydrogen (secondary N) is 2. The molecular weight excluding hydrogens is 462 g/mol. The van der Waals surface area contributed by atoms with E-state index in [9.17, 15) is 4.79 Å². The molecule has 158 valence electrons. The fraction of sp³-hybridized carbons (Fsp3) is 0.409. The largest absolute Gasteiger partial charge is 0.350 e. The van der Waals surface area contributed by atoms with Crippen LogP contribution in [0.5, 0.6) is 0 Å². The molecule has 1 aromatic rings. The smallest absolute Gasteiger partial charge is 0.276 e. The average Bonchev–Trinajstić information content (AvgIpc) is 3.37. The molecule has 0 bridgehead atoms. The van der Waals surface area contributed by atoms with Gasteiger partial charge in [0, 0.05) is 35.1 Å². The number of halogens is 1. The van der Waals surface area contributed by atoms with E-state index >= 15 is 0 Å². The predicted octanol–water partition coefficient (Wildman–Crippen LogP) is 3.85. The number of aliphatic imine (C=N–C) groups is 2. The van der Waals surface area contributed by atoms with E-state index in [1.807, 2.05) is 6.92 Å². The predicted molar refractivity (Wildman–Crippen MR) is 129 cm³/mol. The van der Waals surface area contributed by atoms with Crippen molar-refractivity contribution in [1.82, 2.24) is 10.6 Å². The van der Waals surface area contributed by atoms with Crippen molar-refractivity contribution in [3.05, 3.63) is 52.4 Å². The standard InChI is InChI=1S/C22H26BrN5OS/c1-3-25-21-19(14(2)28-11-8-16-12-17(23)4-5-18(16)28)27-22(30-21)20(29)26-13-15-6-9-24-10-7-15/h3-5,12,15,24H,1,6-11,13H2,2H3,(H,26,29)/b19-14-,25-21?. The zero-order chi connectivity index (χ0) is 21.1. The van der Waals surface area contributed by atoms with E-state index in [1.165, 1.54) is 29.2 Å². The SMILES string of the molecule is C=CN=C1SC(C(=O)NCC2CCNCC2)=N/C1=C(/C)N1CCc2cc(Br)ccc21. The lowest BCUT2D eigenvalue weighted by atomic mass is 9.98. The highest BCUT2D eigenvalue weighted by atomic mass is 79.9. The van der Waals surface area contributed by atoms with E-state index < -0.39 is 0 Å². The van der Waals surface area contributed by atoms with Gasteiger partial charge in [-0.05, 0) is 80.7 Å². The van der Waals surface area contributed by atoms with Crippen LogP contribution in [0.15, 0.2) is 56.8 Å². The van der Waals surface area contributed by atoms with Gasteiger partial charge < -0.3 is 15.5 Å². The molecule has 6 nitrogen and oxygen atoms in total. The number of nitrogens with zero attached hydrogens (tertiary/aromatic N) is 3. The van der Waals surface area contributed by atoms with Crippen LogP contribution in [0.25, 0.3) is 0 Å². The van der Waals surface area contributed by atoms with E-state index in [2.05, 4.69) is 61.2 Å². The van der Waals surface area contributed by atoms with Gasteiger partial charge in [0.1, 0.15) is 10.7 Å². The van der Waals surface area contributed by atoms with Gasteiger partial charge in [-0.3, -0.25) is 4.79 Å². The molecule has 1 amide bonds. The Morgan fingerprint density at radius 3 is 3.03 bits per heavy atom. The summed E-state index contributed by atoms with van der Waals surface area (Å²) >= 11 is 4.87. The second kappa shape index (κ2) is 9.49. The third-order valence-electron chi connectivity index (χ3n) is 5.71. The lowest BCUT2D eigenvalue weighted by Crippen LogP contribution is -2.37. The molecule has 3 heterocycles. The summed E-state index contributed by atoms with van der Waals surface area (Å²) in [7, 11) is 0. The normalized spacial score (nSPS) is 22.1. The van der Waals surface area contributed by atoms with Gasteiger partial charge in [0.15, 0.2) is 5.04 Å². The van der Waals surface area contributed by atoms with Crippen molar-refractivity contribution in [1.29, 1.82) is 0 Å². The summed E-state index contributed by atoms with van der Waals surface area (Å²) < 4.78 is 1.09. The molecule has 0 atom stereocenters. The van der Waals surface area contributed by atoms with Crippen molar-refractivity contribution >= 4 is 49.4 Å². The summed E-state index contributed by atoms with van der Waals surface area (Å²) in [4.78, 5) is 24.1. The molecular formula is C22H26BrN5OS. The third kappa shape index (κ3) is 4.55. The second-order valence-electron chi connectivity index (χ2n) is 7.65. The number of hydrogen-bond donors (Lipinski definition) is 2. The first kappa shape index (κ1) is 21.3. The number of anilines is 1. The van der Waals surface area contributed by atoms with Crippen LogP contribution in [-0.4, -0.2) is 42.2 Å². The molecule has 4 rings (SSSR count). The molecule has 0 unspecified atom stereocenters. The molecule has 1 saturated heterocycles. The van der Waals surface area contributed by atoms with Gasteiger partial charge in [-0.1, -0.05) is 22.5 Å². The molecule has 1 aromatic carbocycles. The summed E-state index contributed by atoms with van der Waals surface area (Å²) in [5, 5.41) is 7.60. The van der Waals surface area contributed by atoms with E-state index in [0.717, 1.165) is 59.8 Å². The highest BCUT2D eigenvalue weighted by Gasteiger charge is 2.30. The molecule has 0 spiro atoms. The molecule has 0 aliphatic carbocycles. The summed E-state index contributed by atoms with van der Waals surface area (Å²) in [6.07, 6.45) is 4.68. The number of amides is 1. The second-order valence-corrected chi connectivity index (χ2v) is 9.54. The van der Waals surface area contributed by atoms with Gasteiger partial charge in [0.05, 0.1) is 0 Å². The van der Waals surface area contributed by atoms with E-state index in [-0.39, 0.29) is 5.91 Å². The van der Waals surface area contributed by atoms with Crippen LogP contribution in [0.2, 0.25) is 0 Å². The van der Waals surface area contributed by atoms with Crippen LogP contribution in [0.4, 0.5) is 5.69 Å². The van der Waals surface area contributed by atoms with Crippen LogP contribution in [0.1, 0.15) is 25.3 Å². The summed E-state index contributed by atoms with van der Waals surface area (Å²) in [5.74, 6) is 0.407. The zero-order valence-corrected chi connectivity index (χ0v) is 19.5. The first-order chi connectivity index (χ1) is 14.6. The number of rotatable bonds is 5. The number of hydrogen-bond acceptors (Lipinski definition) is 6. The number of thioether (sulfide) groups is 1. The Balaban J connectivity index is 1.55. The zero-order valence-electron chi connectivity index (χ0n) is 17.1. The molecule has 3 aliphatic rings. The Hall–Kier alpha value is -1.90. The highest BCUT2D eigenvalue weighted by molar-refractivity contribution is 9.10. The van der Waals surface area contributed by atoms with Gasteiger partial charge >= 0.3 is 0 Å². The number of piperidine rings is 1. The van der Waals surface area contributed by atoms with Gasteiger partial charge in [-0.15, -0.1) is 0 Å². The monoisotopic (exact) mass is 487 g/mol. The summed E-state index contributed by atoms with van der Waals surface area (Å²) in [5.41, 5.74) is 4.25. The van der Waals surface area contributed by atoms with Crippen LogP contribution >= 0.6 is 27.7 Å². The first-order valence-corrected chi connectivity index (χ1v) is 11.9. The van der Waals surface area contributed by atoms with Crippen LogP contribution in [0.3, 0.4) is 0 Å². The maximum atomic E-state index is 12.8. The number of fused-ring (bicyclic) bond motifs is 1. The Labute approximate surface area is 190 Å². The molecule has 0 saturated carbocycles. The molecule has 30 heavy (non-hydrogen) atoms. The topological polar surface area (TPSA) is 69.1 Å². The van der Waals surface area contributed by atoms with Crippen molar-refractivity contribution in [2.45, 2.75) is 26.2 Å². The average molecular weight is 488 g/mol. The van der Waals surface area contributed by atoms with Gasteiger partial charge in [0.25, 0.3) is 5.91 Å². The Morgan fingerprint density at radius 1 is 1.47 bits per heavy atom. The number of benzene rings is 1. The first-order valence-electron chi connectivity index (χ1n) is 10.3.